The Morgan fingerprint density at radius 2 is 2.08 bits per heavy atom. The first-order chi connectivity index (χ1) is 11.7. The zero-order valence-corrected chi connectivity index (χ0v) is 16.6. The van der Waals surface area contributed by atoms with Crippen LogP contribution in [-0.2, 0) is 13.6 Å². The van der Waals surface area contributed by atoms with E-state index >= 15 is 0 Å². The number of aliphatic imine (C=N–C) groups is 1. The average molecular weight is 458 g/mol. The SMILES string of the molecule is CCNC(=NCc1ncnn1C)NCCNC(=O)c1cccnc1.I. The molecule has 136 valence electrons. The quantitative estimate of drug-likeness (QED) is 0.239. The van der Waals surface area contributed by atoms with Crippen molar-refractivity contribution in [2.75, 3.05) is 19.6 Å². The van der Waals surface area contributed by atoms with E-state index in [1.54, 1.807) is 23.0 Å². The van der Waals surface area contributed by atoms with Crippen molar-refractivity contribution < 1.29 is 4.79 Å². The highest BCUT2D eigenvalue weighted by atomic mass is 127. The number of rotatable bonds is 7. The van der Waals surface area contributed by atoms with Crippen molar-refractivity contribution in [2.24, 2.45) is 12.0 Å². The summed E-state index contributed by atoms with van der Waals surface area (Å²) in [6, 6.07) is 3.46. The maximum atomic E-state index is 11.9. The van der Waals surface area contributed by atoms with Gasteiger partial charge < -0.3 is 16.0 Å². The minimum absolute atomic E-state index is 0. The van der Waals surface area contributed by atoms with E-state index in [0.717, 1.165) is 12.4 Å². The Bertz CT molecular complexity index is 673. The summed E-state index contributed by atoms with van der Waals surface area (Å²) in [6.07, 6.45) is 4.67. The van der Waals surface area contributed by atoms with Crippen LogP contribution in [0, 0.1) is 0 Å². The van der Waals surface area contributed by atoms with Crippen LogP contribution in [0.3, 0.4) is 0 Å². The number of aryl methyl sites for hydroxylation is 1. The number of carbonyl (C=O) groups is 1. The van der Waals surface area contributed by atoms with Crippen molar-refractivity contribution >= 4 is 35.8 Å². The lowest BCUT2D eigenvalue weighted by Gasteiger charge is -2.11. The average Bonchev–Trinajstić information content (AvgIpc) is 3.02. The number of aromatic nitrogens is 4. The van der Waals surface area contributed by atoms with Crippen molar-refractivity contribution in [2.45, 2.75) is 13.5 Å². The fourth-order valence-corrected chi connectivity index (χ4v) is 1.91. The summed E-state index contributed by atoms with van der Waals surface area (Å²) < 4.78 is 1.68. The number of pyridine rings is 1. The first-order valence-electron chi connectivity index (χ1n) is 7.74. The van der Waals surface area contributed by atoms with Crippen molar-refractivity contribution in [3.05, 3.63) is 42.2 Å². The van der Waals surface area contributed by atoms with Gasteiger partial charge in [0, 0.05) is 39.1 Å². The van der Waals surface area contributed by atoms with Gasteiger partial charge in [0.1, 0.15) is 18.7 Å². The third-order valence-electron chi connectivity index (χ3n) is 3.15. The van der Waals surface area contributed by atoms with Gasteiger partial charge in [0.15, 0.2) is 5.96 Å². The molecule has 0 aromatic carbocycles. The Morgan fingerprint density at radius 3 is 2.72 bits per heavy atom. The molecule has 0 aliphatic heterocycles. The fraction of sp³-hybridized carbons (Fsp3) is 0.400. The van der Waals surface area contributed by atoms with Gasteiger partial charge in [-0.15, -0.1) is 24.0 Å². The Kier molecular flexibility index (Phi) is 9.43. The third-order valence-corrected chi connectivity index (χ3v) is 3.15. The van der Waals surface area contributed by atoms with Gasteiger partial charge in [0.2, 0.25) is 0 Å². The molecule has 0 unspecified atom stereocenters. The van der Waals surface area contributed by atoms with Crippen LogP contribution in [0.1, 0.15) is 23.1 Å². The smallest absolute Gasteiger partial charge is 0.252 e. The molecule has 0 saturated carbocycles. The van der Waals surface area contributed by atoms with Crippen LogP contribution >= 0.6 is 24.0 Å². The van der Waals surface area contributed by atoms with Gasteiger partial charge in [-0.05, 0) is 19.1 Å². The van der Waals surface area contributed by atoms with E-state index in [2.05, 4.69) is 36.0 Å². The summed E-state index contributed by atoms with van der Waals surface area (Å²) in [4.78, 5) is 24.4. The summed E-state index contributed by atoms with van der Waals surface area (Å²) in [5, 5.41) is 13.1. The highest BCUT2D eigenvalue weighted by Gasteiger charge is 2.04. The molecule has 0 fully saturated rings. The van der Waals surface area contributed by atoms with Gasteiger partial charge in [-0.1, -0.05) is 0 Å². The van der Waals surface area contributed by atoms with E-state index in [9.17, 15) is 4.79 Å². The van der Waals surface area contributed by atoms with Crippen LogP contribution in [0.5, 0.6) is 0 Å². The lowest BCUT2D eigenvalue weighted by Crippen LogP contribution is -2.41. The minimum atomic E-state index is -0.147. The molecule has 25 heavy (non-hydrogen) atoms. The fourth-order valence-electron chi connectivity index (χ4n) is 1.91. The van der Waals surface area contributed by atoms with E-state index in [1.165, 1.54) is 12.5 Å². The summed E-state index contributed by atoms with van der Waals surface area (Å²) in [5.74, 6) is 1.29. The highest BCUT2D eigenvalue weighted by molar-refractivity contribution is 14.0. The number of hydrogen-bond donors (Lipinski definition) is 3. The summed E-state index contributed by atoms with van der Waals surface area (Å²) in [5.41, 5.74) is 0.542. The van der Waals surface area contributed by atoms with Crippen LogP contribution in [0.2, 0.25) is 0 Å². The summed E-state index contributed by atoms with van der Waals surface area (Å²) in [7, 11) is 1.83. The molecule has 2 aromatic rings. The van der Waals surface area contributed by atoms with Gasteiger partial charge in [0.25, 0.3) is 5.91 Å². The molecule has 1 amide bonds. The van der Waals surface area contributed by atoms with Crippen molar-refractivity contribution in [1.29, 1.82) is 0 Å². The Balaban J connectivity index is 0.00000312. The van der Waals surface area contributed by atoms with Gasteiger partial charge in [-0.2, -0.15) is 5.10 Å². The molecule has 2 aromatic heterocycles. The molecule has 0 radical (unpaired) electrons. The van der Waals surface area contributed by atoms with Crippen molar-refractivity contribution in [3.8, 4) is 0 Å². The van der Waals surface area contributed by atoms with Crippen molar-refractivity contribution in [1.82, 2.24) is 35.7 Å². The molecule has 0 spiro atoms. The molecular weight excluding hydrogens is 435 g/mol. The van der Waals surface area contributed by atoms with E-state index in [-0.39, 0.29) is 29.9 Å². The lowest BCUT2D eigenvalue weighted by molar-refractivity contribution is 0.0954. The molecule has 0 saturated heterocycles. The van der Waals surface area contributed by atoms with Gasteiger partial charge in [-0.25, -0.2) is 9.98 Å². The topological polar surface area (TPSA) is 109 Å². The molecule has 9 nitrogen and oxygen atoms in total. The zero-order chi connectivity index (χ0) is 17.2. The Labute approximate surface area is 163 Å². The standard InChI is InChI=1S/C15H22N8O.HI/c1-3-17-15(20-10-13-21-11-22-23(13)2)19-8-7-18-14(24)12-5-4-6-16-9-12;/h4-6,9,11H,3,7-8,10H2,1-2H3,(H,18,24)(H2,17,19,20);1H. The zero-order valence-electron chi connectivity index (χ0n) is 14.3. The van der Waals surface area contributed by atoms with E-state index in [1.807, 2.05) is 14.0 Å². The van der Waals surface area contributed by atoms with Crippen LogP contribution < -0.4 is 16.0 Å². The maximum absolute atomic E-state index is 11.9. The second kappa shape index (κ2) is 11.3. The first-order valence-corrected chi connectivity index (χ1v) is 7.74. The minimum Gasteiger partial charge on any atom is -0.357 e. The van der Waals surface area contributed by atoms with Gasteiger partial charge in [-0.3, -0.25) is 14.5 Å². The summed E-state index contributed by atoms with van der Waals surface area (Å²) in [6.45, 7) is 4.18. The second-order valence-corrected chi connectivity index (χ2v) is 4.92. The normalized spacial score (nSPS) is 10.7. The number of carbonyl (C=O) groups excluding carboxylic acids is 1. The number of nitrogens with zero attached hydrogens (tertiary/aromatic N) is 5. The molecule has 0 atom stereocenters. The third kappa shape index (κ3) is 7.03. The number of nitrogens with one attached hydrogen (secondary N) is 3. The Morgan fingerprint density at radius 1 is 1.28 bits per heavy atom. The number of hydrogen-bond acceptors (Lipinski definition) is 5. The molecule has 2 rings (SSSR count). The summed E-state index contributed by atoms with van der Waals surface area (Å²) >= 11 is 0. The van der Waals surface area contributed by atoms with E-state index < -0.39 is 0 Å². The Hall–Kier alpha value is -2.24. The highest BCUT2D eigenvalue weighted by Crippen LogP contribution is 1.94. The van der Waals surface area contributed by atoms with Crippen LogP contribution in [-0.4, -0.2) is 51.2 Å². The first kappa shape index (κ1) is 20.8. The van der Waals surface area contributed by atoms with Gasteiger partial charge >= 0.3 is 0 Å². The number of amides is 1. The molecule has 0 aliphatic carbocycles. The molecule has 0 aliphatic rings. The number of guanidine groups is 1. The van der Waals surface area contributed by atoms with Crippen LogP contribution in [0.4, 0.5) is 0 Å². The molecule has 10 heteroatoms. The van der Waals surface area contributed by atoms with Crippen LogP contribution in [0.15, 0.2) is 35.8 Å². The predicted octanol–water partition coefficient (Wildman–Crippen LogP) is 0.313. The lowest BCUT2D eigenvalue weighted by atomic mass is 10.3. The van der Waals surface area contributed by atoms with Crippen molar-refractivity contribution in [3.63, 3.8) is 0 Å². The monoisotopic (exact) mass is 458 g/mol. The van der Waals surface area contributed by atoms with Gasteiger partial charge in [0.05, 0.1) is 5.56 Å². The second-order valence-electron chi connectivity index (χ2n) is 4.92. The van der Waals surface area contributed by atoms with Crippen LogP contribution in [0.25, 0.3) is 0 Å². The molecule has 3 N–H and O–H groups in total. The number of halogens is 1. The predicted molar refractivity (Wildman–Crippen MR) is 106 cm³/mol. The van der Waals surface area contributed by atoms with E-state index in [4.69, 9.17) is 0 Å². The molecule has 2 heterocycles. The molecular formula is C15H23IN8O. The maximum Gasteiger partial charge on any atom is 0.252 e. The van der Waals surface area contributed by atoms with E-state index in [0.29, 0.717) is 31.2 Å². The largest absolute Gasteiger partial charge is 0.357 e. The molecule has 0 bridgehead atoms.